The number of nitrogens with one attached hydrogen (secondary N) is 1. The molecule has 4 N–H and O–H groups in total. The maximum Gasteiger partial charge on any atom is 0.258 e. The van der Waals surface area contributed by atoms with Crippen LogP contribution in [0.5, 0.6) is 5.75 Å². The summed E-state index contributed by atoms with van der Waals surface area (Å²) in [4.78, 5) is 11.5. The number of ether oxygens (including phenoxy) is 1. The number of aliphatic hydroxyl groups is 1. The monoisotopic (exact) mass is 236 g/mol. The fourth-order valence-corrected chi connectivity index (χ4v) is 1.69. The largest absolute Gasteiger partial charge is 0.484 e. The maximum absolute atomic E-state index is 11.5. The number of carbonyl (C=O) groups excluding carboxylic acids is 1. The molecule has 1 aliphatic rings. The number of hydrogen-bond donors (Lipinski definition) is 3. The molecule has 1 saturated carbocycles. The van der Waals surface area contributed by atoms with Gasteiger partial charge in [-0.3, -0.25) is 4.79 Å². The molecule has 0 unspecified atom stereocenters. The molecule has 0 aliphatic heterocycles. The topological polar surface area (TPSA) is 84.6 Å². The van der Waals surface area contributed by atoms with E-state index in [-0.39, 0.29) is 24.7 Å². The first kappa shape index (κ1) is 11.7. The number of rotatable bonds is 4. The molecule has 1 fully saturated rings. The summed E-state index contributed by atoms with van der Waals surface area (Å²) in [6.07, 6.45) is 1.000. The molecule has 1 aromatic carbocycles. The van der Waals surface area contributed by atoms with Crippen molar-refractivity contribution in [3.63, 3.8) is 0 Å². The average molecular weight is 236 g/mol. The second-order valence-corrected chi connectivity index (χ2v) is 4.25. The maximum atomic E-state index is 11.5. The quantitative estimate of drug-likeness (QED) is 0.656. The van der Waals surface area contributed by atoms with Crippen molar-refractivity contribution in [3.8, 4) is 5.75 Å². The molecule has 1 aromatic rings. The molecule has 1 amide bonds. The molecule has 0 heterocycles. The van der Waals surface area contributed by atoms with Gasteiger partial charge in [0.2, 0.25) is 0 Å². The van der Waals surface area contributed by atoms with Crippen LogP contribution in [-0.4, -0.2) is 29.8 Å². The molecule has 0 aromatic heterocycles. The summed E-state index contributed by atoms with van der Waals surface area (Å²) >= 11 is 0. The summed E-state index contributed by atoms with van der Waals surface area (Å²) in [5.74, 6) is 0.446. The Kier molecular flexibility index (Phi) is 3.49. The lowest BCUT2D eigenvalue weighted by molar-refractivity contribution is -0.125. The van der Waals surface area contributed by atoms with Crippen molar-refractivity contribution in [1.82, 2.24) is 5.32 Å². The van der Waals surface area contributed by atoms with Crippen LogP contribution in [0.1, 0.15) is 12.8 Å². The minimum atomic E-state index is -0.265. The van der Waals surface area contributed by atoms with E-state index in [1.54, 1.807) is 24.3 Å². The van der Waals surface area contributed by atoms with Crippen molar-refractivity contribution in [2.45, 2.75) is 25.0 Å². The zero-order valence-corrected chi connectivity index (χ0v) is 9.43. The van der Waals surface area contributed by atoms with Gasteiger partial charge < -0.3 is 20.9 Å². The first-order chi connectivity index (χ1) is 8.13. The summed E-state index contributed by atoms with van der Waals surface area (Å²) in [6.45, 7) is -0.0173. The van der Waals surface area contributed by atoms with Crippen molar-refractivity contribution >= 4 is 11.6 Å². The van der Waals surface area contributed by atoms with Gasteiger partial charge in [0.15, 0.2) is 6.61 Å². The highest BCUT2D eigenvalue weighted by atomic mass is 16.5. The van der Waals surface area contributed by atoms with Crippen LogP contribution in [0.3, 0.4) is 0 Å². The van der Waals surface area contributed by atoms with Crippen LogP contribution in [-0.2, 0) is 4.79 Å². The van der Waals surface area contributed by atoms with E-state index in [9.17, 15) is 4.79 Å². The SMILES string of the molecule is Nc1ccc(OCC(=O)NC2CC(O)C2)cc1. The molecule has 0 atom stereocenters. The lowest BCUT2D eigenvalue weighted by Gasteiger charge is -2.31. The number of aliphatic hydroxyl groups excluding tert-OH is 1. The van der Waals surface area contributed by atoms with Crippen molar-refractivity contribution in [2.24, 2.45) is 0 Å². The fraction of sp³-hybridized carbons (Fsp3) is 0.417. The normalized spacial score (nSPS) is 22.6. The van der Waals surface area contributed by atoms with Gasteiger partial charge in [-0.1, -0.05) is 0 Å². The first-order valence-corrected chi connectivity index (χ1v) is 5.59. The zero-order chi connectivity index (χ0) is 12.3. The average Bonchev–Trinajstić information content (AvgIpc) is 2.26. The number of amides is 1. The number of benzene rings is 1. The summed E-state index contributed by atoms with van der Waals surface area (Å²) in [6, 6.07) is 6.96. The van der Waals surface area contributed by atoms with E-state index in [0.717, 1.165) is 0 Å². The molecule has 5 heteroatoms. The minimum Gasteiger partial charge on any atom is -0.484 e. The smallest absolute Gasteiger partial charge is 0.258 e. The molecule has 0 spiro atoms. The van der Waals surface area contributed by atoms with Crippen molar-refractivity contribution in [1.29, 1.82) is 0 Å². The number of anilines is 1. The fourth-order valence-electron chi connectivity index (χ4n) is 1.69. The summed E-state index contributed by atoms with van der Waals surface area (Å²) < 4.78 is 5.29. The van der Waals surface area contributed by atoms with Crippen LogP contribution in [0.4, 0.5) is 5.69 Å². The Morgan fingerprint density at radius 1 is 1.41 bits per heavy atom. The van der Waals surface area contributed by atoms with Gasteiger partial charge in [-0.15, -0.1) is 0 Å². The predicted molar refractivity (Wildman–Crippen MR) is 63.5 cm³/mol. The van der Waals surface area contributed by atoms with Gasteiger partial charge in [0, 0.05) is 11.7 Å². The Hall–Kier alpha value is -1.75. The minimum absolute atomic E-state index is 0.0173. The standard InChI is InChI=1S/C12H16N2O3/c13-8-1-3-11(4-2-8)17-7-12(16)14-9-5-10(15)6-9/h1-4,9-10,15H,5-7,13H2,(H,14,16). The Bertz CT molecular complexity index is 385. The van der Waals surface area contributed by atoms with E-state index < -0.39 is 0 Å². The van der Waals surface area contributed by atoms with Crippen LogP contribution in [0.25, 0.3) is 0 Å². The molecule has 5 nitrogen and oxygen atoms in total. The van der Waals surface area contributed by atoms with Crippen LogP contribution in [0.15, 0.2) is 24.3 Å². The van der Waals surface area contributed by atoms with Crippen molar-refractivity contribution in [2.75, 3.05) is 12.3 Å². The second kappa shape index (κ2) is 5.05. The lowest BCUT2D eigenvalue weighted by Crippen LogP contribution is -2.48. The molecule has 1 aliphatic carbocycles. The Balaban J connectivity index is 1.70. The summed E-state index contributed by atoms with van der Waals surface area (Å²) in [5.41, 5.74) is 6.19. The highest BCUT2D eigenvalue weighted by molar-refractivity contribution is 5.78. The number of hydrogen-bond acceptors (Lipinski definition) is 4. The van der Waals surface area contributed by atoms with Gasteiger partial charge in [-0.2, -0.15) is 0 Å². The van der Waals surface area contributed by atoms with E-state index in [0.29, 0.717) is 24.3 Å². The first-order valence-electron chi connectivity index (χ1n) is 5.59. The highest BCUT2D eigenvalue weighted by Crippen LogP contribution is 2.19. The van der Waals surface area contributed by atoms with E-state index in [1.165, 1.54) is 0 Å². The predicted octanol–water partition coefficient (Wildman–Crippen LogP) is 0.287. The van der Waals surface area contributed by atoms with Gasteiger partial charge in [-0.05, 0) is 37.1 Å². The van der Waals surface area contributed by atoms with Crippen LogP contribution < -0.4 is 15.8 Å². The van der Waals surface area contributed by atoms with Crippen LogP contribution in [0, 0.1) is 0 Å². The third-order valence-electron chi connectivity index (χ3n) is 2.73. The molecule has 92 valence electrons. The van der Waals surface area contributed by atoms with E-state index in [1.807, 2.05) is 0 Å². The van der Waals surface area contributed by atoms with Crippen molar-refractivity contribution < 1.29 is 14.6 Å². The van der Waals surface area contributed by atoms with E-state index in [4.69, 9.17) is 15.6 Å². The summed E-state index contributed by atoms with van der Waals surface area (Å²) in [5, 5.41) is 11.9. The Morgan fingerprint density at radius 2 is 2.06 bits per heavy atom. The third kappa shape index (κ3) is 3.35. The van der Waals surface area contributed by atoms with E-state index in [2.05, 4.69) is 5.32 Å². The molecule has 0 saturated heterocycles. The zero-order valence-electron chi connectivity index (χ0n) is 9.43. The molecule has 0 radical (unpaired) electrons. The molecule has 2 rings (SSSR count). The van der Waals surface area contributed by atoms with E-state index >= 15 is 0 Å². The molecular weight excluding hydrogens is 220 g/mol. The highest BCUT2D eigenvalue weighted by Gasteiger charge is 2.28. The third-order valence-corrected chi connectivity index (χ3v) is 2.73. The summed E-state index contributed by atoms with van der Waals surface area (Å²) in [7, 11) is 0. The van der Waals surface area contributed by atoms with Crippen molar-refractivity contribution in [3.05, 3.63) is 24.3 Å². The number of nitrogens with two attached hydrogens (primary N) is 1. The van der Waals surface area contributed by atoms with Crippen LogP contribution >= 0.6 is 0 Å². The van der Waals surface area contributed by atoms with Gasteiger partial charge >= 0.3 is 0 Å². The number of nitrogen functional groups attached to an aromatic ring is 1. The number of carbonyl (C=O) groups is 1. The van der Waals surface area contributed by atoms with Gasteiger partial charge in [0.05, 0.1) is 6.10 Å². The van der Waals surface area contributed by atoms with Crippen LogP contribution in [0.2, 0.25) is 0 Å². The Morgan fingerprint density at radius 3 is 2.65 bits per heavy atom. The molecule has 17 heavy (non-hydrogen) atoms. The Labute approximate surface area is 99.6 Å². The molecule has 0 bridgehead atoms. The van der Waals surface area contributed by atoms with Gasteiger partial charge in [-0.25, -0.2) is 0 Å². The van der Waals surface area contributed by atoms with Gasteiger partial charge in [0.25, 0.3) is 5.91 Å². The second-order valence-electron chi connectivity index (χ2n) is 4.25. The molecular formula is C12H16N2O3. The van der Waals surface area contributed by atoms with Gasteiger partial charge in [0.1, 0.15) is 5.75 Å². The lowest BCUT2D eigenvalue weighted by atomic mass is 9.89.